The molecule has 0 saturated carbocycles. The number of pyridine rings is 1. The molecule has 5 heteroatoms. The van der Waals surface area contributed by atoms with E-state index in [9.17, 15) is 0 Å². The Bertz CT molecular complexity index is 551. The van der Waals surface area contributed by atoms with Gasteiger partial charge in [0, 0.05) is 5.69 Å². The highest BCUT2D eigenvalue weighted by Crippen LogP contribution is 2.16. The molecule has 5 nitrogen and oxygen atoms in total. The second kappa shape index (κ2) is 3.95. The van der Waals surface area contributed by atoms with Crippen LogP contribution in [0.1, 0.15) is 11.4 Å². The normalized spacial score (nSPS) is 9.75. The summed E-state index contributed by atoms with van der Waals surface area (Å²) in [7, 11) is 0. The molecule has 0 aliphatic heterocycles. The van der Waals surface area contributed by atoms with Gasteiger partial charge in [0.25, 0.3) is 0 Å². The van der Waals surface area contributed by atoms with Crippen molar-refractivity contribution in [3.63, 3.8) is 0 Å². The van der Waals surface area contributed by atoms with Crippen molar-refractivity contribution >= 4 is 5.95 Å². The summed E-state index contributed by atoms with van der Waals surface area (Å²) >= 11 is 0. The minimum Gasteiger partial charge on any atom is -0.368 e. The van der Waals surface area contributed by atoms with Crippen LogP contribution in [-0.2, 0) is 0 Å². The van der Waals surface area contributed by atoms with Gasteiger partial charge < -0.3 is 5.73 Å². The zero-order valence-electron chi connectivity index (χ0n) is 8.68. The molecule has 2 N–H and O–H groups in total. The number of nitrogens with zero attached hydrogens (tertiary/aromatic N) is 4. The van der Waals surface area contributed by atoms with Crippen molar-refractivity contribution in [3.05, 3.63) is 35.7 Å². The monoisotopic (exact) mass is 211 g/mol. The van der Waals surface area contributed by atoms with Gasteiger partial charge in [-0.3, -0.25) is 0 Å². The van der Waals surface area contributed by atoms with Crippen LogP contribution < -0.4 is 5.73 Å². The van der Waals surface area contributed by atoms with Gasteiger partial charge in [0.15, 0.2) is 0 Å². The fourth-order valence-corrected chi connectivity index (χ4v) is 1.36. The summed E-state index contributed by atoms with van der Waals surface area (Å²) in [6.45, 7) is 1.83. The molecule has 16 heavy (non-hydrogen) atoms. The molecule has 0 atom stereocenters. The van der Waals surface area contributed by atoms with Gasteiger partial charge >= 0.3 is 0 Å². The van der Waals surface area contributed by atoms with E-state index in [1.807, 2.05) is 13.0 Å². The van der Waals surface area contributed by atoms with Crippen LogP contribution in [0.3, 0.4) is 0 Å². The predicted molar refractivity (Wildman–Crippen MR) is 59.1 cm³/mol. The maximum atomic E-state index is 8.75. The lowest BCUT2D eigenvalue weighted by Gasteiger charge is -2.02. The maximum Gasteiger partial charge on any atom is 0.220 e. The predicted octanol–water partition coefficient (Wildman–Crippen LogP) is 1.30. The Hall–Kier alpha value is -2.48. The topological polar surface area (TPSA) is 88.5 Å². The third-order valence-corrected chi connectivity index (χ3v) is 2.00. The quantitative estimate of drug-likeness (QED) is 0.768. The largest absolute Gasteiger partial charge is 0.368 e. The van der Waals surface area contributed by atoms with Crippen LogP contribution in [0.4, 0.5) is 5.95 Å². The number of aryl methyl sites for hydroxylation is 1. The van der Waals surface area contributed by atoms with Gasteiger partial charge in [-0.2, -0.15) is 5.26 Å². The SMILES string of the molecule is Cc1cc(-c2cccc(C#N)n2)nc(N)n1. The molecular weight excluding hydrogens is 202 g/mol. The van der Waals surface area contributed by atoms with Gasteiger partial charge in [0.2, 0.25) is 5.95 Å². The highest BCUT2D eigenvalue weighted by Gasteiger charge is 2.04. The van der Waals surface area contributed by atoms with Crippen LogP contribution in [0.25, 0.3) is 11.4 Å². The first-order valence-corrected chi connectivity index (χ1v) is 4.68. The van der Waals surface area contributed by atoms with Crippen LogP contribution in [0.2, 0.25) is 0 Å². The number of hydrogen-bond donors (Lipinski definition) is 1. The summed E-state index contributed by atoms with van der Waals surface area (Å²) in [6.07, 6.45) is 0. The lowest BCUT2D eigenvalue weighted by atomic mass is 10.2. The average molecular weight is 211 g/mol. The number of nitrogen functional groups attached to an aromatic ring is 1. The molecular formula is C11H9N5. The fraction of sp³-hybridized carbons (Fsp3) is 0.0909. The van der Waals surface area contributed by atoms with E-state index < -0.39 is 0 Å². The van der Waals surface area contributed by atoms with Gasteiger partial charge in [-0.15, -0.1) is 0 Å². The van der Waals surface area contributed by atoms with Gasteiger partial charge in [-0.25, -0.2) is 15.0 Å². The highest BCUT2D eigenvalue weighted by atomic mass is 15.0. The smallest absolute Gasteiger partial charge is 0.220 e. The molecule has 2 heterocycles. The van der Waals surface area contributed by atoms with Crippen LogP contribution in [-0.4, -0.2) is 15.0 Å². The Morgan fingerprint density at radius 2 is 2.00 bits per heavy atom. The Labute approximate surface area is 92.6 Å². The van der Waals surface area contributed by atoms with Crippen molar-refractivity contribution in [2.24, 2.45) is 0 Å². The van der Waals surface area contributed by atoms with E-state index in [4.69, 9.17) is 11.0 Å². The third kappa shape index (κ3) is 1.96. The van der Waals surface area contributed by atoms with Gasteiger partial charge in [0.1, 0.15) is 11.8 Å². The summed E-state index contributed by atoms with van der Waals surface area (Å²) < 4.78 is 0. The minimum absolute atomic E-state index is 0.208. The Morgan fingerprint density at radius 1 is 1.19 bits per heavy atom. The van der Waals surface area contributed by atoms with Gasteiger partial charge in [0.05, 0.1) is 11.4 Å². The molecule has 0 aliphatic rings. The van der Waals surface area contributed by atoms with Crippen LogP contribution in [0.5, 0.6) is 0 Å². The van der Waals surface area contributed by atoms with E-state index >= 15 is 0 Å². The van der Waals surface area contributed by atoms with Crippen molar-refractivity contribution in [1.29, 1.82) is 5.26 Å². The van der Waals surface area contributed by atoms with Crippen molar-refractivity contribution in [3.8, 4) is 17.5 Å². The second-order valence-corrected chi connectivity index (χ2v) is 3.27. The summed E-state index contributed by atoms with van der Waals surface area (Å²) in [5.41, 5.74) is 7.92. The van der Waals surface area contributed by atoms with Crippen molar-refractivity contribution in [2.45, 2.75) is 6.92 Å². The van der Waals surface area contributed by atoms with Crippen LogP contribution >= 0.6 is 0 Å². The summed E-state index contributed by atoms with van der Waals surface area (Å²) in [5.74, 6) is 0.208. The van der Waals surface area contributed by atoms with Crippen LogP contribution in [0, 0.1) is 18.3 Å². The fourth-order valence-electron chi connectivity index (χ4n) is 1.36. The molecule has 0 radical (unpaired) electrons. The zero-order valence-corrected chi connectivity index (χ0v) is 8.68. The number of anilines is 1. The average Bonchev–Trinajstić information content (AvgIpc) is 2.28. The summed E-state index contributed by atoms with van der Waals surface area (Å²) in [6, 6.07) is 8.94. The molecule has 2 rings (SSSR count). The third-order valence-electron chi connectivity index (χ3n) is 2.00. The number of aromatic nitrogens is 3. The van der Waals surface area contributed by atoms with E-state index in [0.717, 1.165) is 5.69 Å². The lowest BCUT2D eigenvalue weighted by molar-refractivity contribution is 1.11. The molecule has 0 spiro atoms. The molecule has 0 aliphatic carbocycles. The molecule has 2 aromatic heterocycles. The molecule has 0 bridgehead atoms. The zero-order chi connectivity index (χ0) is 11.5. The maximum absolute atomic E-state index is 8.75. The molecule has 2 aromatic rings. The summed E-state index contributed by atoms with van der Waals surface area (Å²) in [4.78, 5) is 12.2. The van der Waals surface area contributed by atoms with E-state index in [1.54, 1.807) is 24.3 Å². The van der Waals surface area contributed by atoms with E-state index in [0.29, 0.717) is 17.1 Å². The van der Waals surface area contributed by atoms with Crippen molar-refractivity contribution in [2.75, 3.05) is 5.73 Å². The van der Waals surface area contributed by atoms with E-state index in [2.05, 4.69) is 15.0 Å². The number of nitrogens with two attached hydrogens (primary N) is 1. The van der Waals surface area contributed by atoms with Crippen LogP contribution in [0.15, 0.2) is 24.3 Å². The molecule has 78 valence electrons. The van der Waals surface area contributed by atoms with Gasteiger partial charge in [-0.05, 0) is 25.1 Å². The summed E-state index contributed by atoms with van der Waals surface area (Å²) in [5, 5.41) is 8.75. The Morgan fingerprint density at radius 3 is 2.69 bits per heavy atom. The van der Waals surface area contributed by atoms with Gasteiger partial charge in [-0.1, -0.05) is 6.07 Å². The first-order valence-electron chi connectivity index (χ1n) is 4.68. The number of nitriles is 1. The molecule has 0 aromatic carbocycles. The minimum atomic E-state index is 0.208. The van der Waals surface area contributed by atoms with Crippen molar-refractivity contribution in [1.82, 2.24) is 15.0 Å². The molecule has 0 amide bonds. The molecule has 0 unspecified atom stereocenters. The van der Waals surface area contributed by atoms with E-state index in [-0.39, 0.29) is 5.95 Å². The van der Waals surface area contributed by atoms with Crippen molar-refractivity contribution < 1.29 is 0 Å². The number of hydrogen-bond acceptors (Lipinski definition) is 5. The second-order valence-electron chi connectivity index (χ2n) is 3.27. The number of rotatable bonds is 1. The first kappa shape index (κ1) is 10.1. The lowest BCUT2D eigenvalue weighted by Crippen LogP contribution is -1.99. The highest BCUT2D eigenvalue weighted by molar-refractivity contribution is 5.56. The molecule has 0 saturated heterocycles. The Kier molecular flexibility index (Phi) is 2.48. The Balaban J connectivity index is 2.54. The van der Waals surface area contributed by atoms with E-state index in [1.165, 1.54) is 0 Å². The molecule has 0 fully saturated rings. The standard InChI is InChI=1S/C11H9N5/c1-7-5-10(16-11(13)14-7)9-4-2-3-8(6-12)15-9/h2-5H,1H3,(H2,13,14,16). The first-order chi connectivity index (χ1) is 7.69.